The molecule has 18 heavy (non-hydrogen) atoms. The Balaban J connectivity index is 2.19. The van der Waals surface area contributed by atoms with Crippen molar-refractivity contribution in [2.24, 2.45) is 0 Å². The molecule has 0 atom stereocenters. The number of benzene rings is 1. The van der Waals surface area contributed by atoms with E-state index >= 15 is 0 Å². The van der Waals surface area contributed by atoms with Crippen LogP contribution < -0.4 is 5.73 Å². The maximum absolute atomic E-state index is 11.7. The largest absolute Gasteiger partial charge is 0.399 e. The van der Waals surface area contributed by atoms with Gasteiger partial charge in [-0.2, -0.15) is 0 Å². The van der Waals surface area contributed by atoms with Crippen molar-refractivity contribution in [3.05, 3.63) is 35.4 Å². The van der Waals surface area contributed by atoms with E-state index in [0.29, 0.717) is 6.42 Å². The second-order valence-corrected chi connectivity index (χ2v) is 6.99. The quantitative estimate of drug-likeness (QED) is 0.850. The molecule has 0 aromatic heterocycles. The van der Waals surface area contributed by atoms with Gasteiger partial charge in [0.15, 0.2) is 9.84 Å². The first-order valence-corrected chi connectivity index (χ1v) is 8.12. The molecule has 0 bridgehead atoms. The second kappa shape index (κ2) is 5.14. The lowest BCUT2D eigenvalue weighted by Crippen LogP contribution is -2.08. The fourth-order valence-electron chi connectivity index (χ4n) is 2.37. The highest BCUT2D eigenvalue weighted by Gasteiger charge is 2.17. The number of anilines is 1. The number of aryl methyl sites for hydroxylation is 1. The molecule has 1 aromatic carbocycles. The average Bonchev–Trinajstić information content (AvgIpc) is 2.68. The van der Waals surface area contributed by atoms with Crippen molar-refractivity contribution in [2.45, 2.75) is 26.2 Å². The normalized spacial score (nSPS) is 17.1. The summed E-state index contributed by atoms with van der Waals surface area (Å²) in [6.07, 6.45) is 4.42. The smallest absolute Gasteiger partial charge is 0.153 e. The Morgan fingerprint density at radius 3 is 2.83 bits per heavy atom. The molecule has 2 rings (SSSR count). The third-order valence-electron chi connectivity index (χ3n) is 3.24. The van der Waals surface area contributed by atoms with Crippen molar-refractivity contribution in [1.82, 2.24) is 0 Å². The van der Waals surface area contributed by atoms with Gasteiger partial charge in [-0.05, 0) is 48.1 Å². The minimum Gasteiger partial charge on any atom is -0.399 e. The van der Waals surface area contributed by atoms with Gasteiger partial charge in [-0.15, -0.1) is 0 Å². The van der Waals surface area contributed by atoms with E-state index in [2.05, 4.69) is 0 Å². The van der Waals surface area contributed by atoms with Crippen molar-refractivity contribution in [3.8, 4) is 0 Å². The average molecular weight is 265 g/mol. The summed E-state index contributed by atoms with van der Waals surface area (Å²) >= 11 is 0. The van der Waals surface area contributed by atoms with Gasteiger partial charge in [0.2, 0.25) is 0 Å². The molecule has 0 unspecified atom stereocenters. The van der Waals surface area contributed by atoms with Crippen LogP contribution in [0.1, 0.15) is 30.9 Å². The van der Waals surface area contributed by atoms with Crippen molar-refractivity contribution in [2.75, 3.05) is 17.2 Å². The van der Waals surface area contributed by atoms with Crippen LogP contribution in [-0.4, -0.2) is 19.9 Å². The summed E-state index contributed by atoms with van der Waals surface area (Å²) < 4.78 is 23.4. The summed E-state index contributed by atoms with van der Waals surface area (Å²) in [7, 11) is -2.93. The molecular weight excluding hydrogens is 246 g/mol. The van der Waals surface area contributed by atoms with E-state index in [-0.39, 0.29) is 11.5 Å². The molecule has 0 aliphatic heterocycles. The number of nitrogen functional groups attached to an aromatic ring is 1. The van der Waals surface area contributed by atoms with E-state index in [4.69, 9.17) is 5.73 Å². The van der Waals surface area contributed by atoms with Crippen LogP contribution in [0.5, 0.6) is 0 Å². The van der Waals surface area contributed by atoms with E-state index in [1.807, 2.05) is 31.2 Å². The number of allylic oxidation sites excluding steroid dienone is 1. The van der Waals surface area contributed by atoms with Gasteiger partial charge in [0.1, 0.15) is 0 Å². The molecule has 2 N–H and O–H groups in total. The van der Waals surface area contributed by atoms with E-state index < -0.39 is 9.84 Å². The molecule has 0 spiro atoms. The summed E-state index contributed by atoms with van der Waals surface area (Å²) in [5, 5.41) is 0. The van der Waals surface area contributed by atoms with Crippen LogP contribution in [0, 0.1) is 0 Å². The van der Waals surface area contributed by atoms with Crippen molar-refractivity contribution in [3.63, 3.8) is 0 Å². The van der Waals surface area contributed by atoms with Gasteiger partial charge >= 0.3 is 0 Å². The Bertz CT molecular complexity index is 573. The molecule has 0 amide bonds. The zero-order valence-corrected chi connectivity index (χ0v) is 11.5. The van der Waals surface area contributed by atoms with Crippen LogP contribution in [0.2, 0.25) is 0 Å². The molecule has 1 aliphatic carbocycles. The third-order valence-corrected chi connectivity index (χ3v) is 4.94. The number of hydrogen-bond acceptors (Lipinski definition) is 3. The molecule has 0 fully saturated rings. The zero-order valence-electron chi connectivity index (χ0n) is 10.6. The van der Waals surface area contributed by atoms with Crippen molar-refractivity contribution >= 4 is 21.1 Å². The number of rotatable bonds is 4. The molecule has 1 aliphatic rings. The highest BCUT2D eigenvalue weighted by atomic mass is 32.2. The molecule has 0 saturated heterocycles. The van der Waals surface area contributed by atoms with Crippen LogP contribution in [0.4, 0.5) is 5.69 Å². The van der Waals surface area contributed by atoms with E-state index in [1.54, 1.807) is 0 Å². The number of nitrogens with two attached hydrogens (primary N) is 1. The van der Waals surface area contributed by atoms with Crippen LogP contribution >= 0.6 is 0 Å². The Morgan fingerprint density at radius 2 is 2.11 bits per heavy atom. The summed E-state index contributed by atoms with van der Waals surface area (Å²) in [5.74, 6) is 0.422. The molecule has 0 saturated carbocycles. The minimum absolute atomic E-state index is 0.153. The van der Waals surface area contributed by atoms with Gasteiger partial charge in [-0.3, -0.25) is 0 Å². The molecule has 0 heterocycles. The Hall–Kier alpha value is -1.29. The third kappa shape index (κ3) is 2.93. The van der Waals surface area contributed by atoms with Crippen LogP contribution in [0.15, 0.2) is 24.3 Å². The summed E-state index contributed by atoms with van der Waals surface area (Å²) in [6.45, 7) is 1.89. The molecule has 0 radical (unpaired) electrons. The number of hydrogen-bond donors (Lipinski definition) is 1. The molecule has 1 aromatic rings. The van der Waals surface area contributed by atoms with Crippen molar-refractivity contribution in [1.29, 1.82) is 0 Å². The standard InChI is InChI=1S/C14H19NO2S/c1-2-8-18(16,17)9-7-11-3-4-12-10-13(15)5-6-14(11)12/h5-7,10H,2-4,8-9,15H2,1H3/b11-7-. The van der Waals surface area contributed by atoms with Gasteiger partial charge in [-0.1, -0.05) is 19.1 Å². The predicted octanol–water partition coefficient (Wildman–Crippen LogP) is 2.42. The lowest BCUT2D eigenvalue weighted by Gasteiger charge is -2.03. The maximum Gasteiger partial charge on any atom is 0.153 e. The maximum atomic E-state index is 11.7. The topological polar surface area (TPSA) is 60.2 Å². The first-order valence-electron chi connectivity index (χ1n) is 6.30. The number of fused-ring (bicyclic) bond motifs is 1. The fourth-order valence-corrected chi connectivity index (χ4v) is 3.62. The van der Waals surface area contributed by atoms with Gasteiger partial charge in [-0.25, -0.2) is 8.42 Å². The van der Waals surface area contributed by atoms with E-state index in [1.165, 1.54) is 5.56 Å². The first kappa shape index (κ1) is 13.1. The van der Waals surface area contributed by atoms with E-state index in [0.717, 1.165) is 29.7 Å². The predicted molar refractivity (Wildman–Crippen MR) is 76.1 cm³/mol. The molecule has 4 heteroatoms. The van der Waals surface area contributed by atoms with Crippen LogP contribution in [-0.2, 0) is 16.3 Å². The van der Waals surface area contributed by atoms with Crippen molar-refractivity contribution < 1.29 is 8.42 Å². The summed E-state index contributed by atoms with van der Waals surface area (Å²) in [6, 6.07) is 5.85. The lowest BCUT2D eigenvalue weighted by atomic mass is 10.1. The first-order chi connectivity index (χ1) is 8.52. The SMILES string of the molecule is CCCS(=O)(=O)C/C=C1/CCc2cc(N)ccc21. The number of sulfone groups is 1. The fraction of sp³-hybridized carbons (Fsp3) is 0.429. The highest BCUT2D eigenvalue weighted by molar-refractivity contribution is 7.91. The Morgan fingerprint density at radius 1 is 1.33 bits per heavy atom. The van der Waals surface area contributed by atoms with E-state index in [9.17, 15) is 8.42 Å². The zero-order chi connectivity index (χ0) is 13.2. The Kier molecular flexibility index (Phi) is 3.76. The van der Waals surface area contributed by atoms with Gasteiger partial charge in [0.25, 0.3) is 0 Å². The van der Waals surface area contributed by atoms with Gasteiger partial charge in [0, 0.05) is 5.69 Å². The lowest BCUT2D eigenvalue weighted by molar-refractivity contribution is 0.597. The summed E-state index contributed by atoms with van der Waals surface area (Å²) in [4.78, 5) is 0. The second-order valence-electron chi connectivity index (χ2n) is 4.76. The van der Waals surface area contributed by atoms with Gasteiger partial charge < -0.3 is 5.73 Å². The minimum atomic E-state index is -2.93. The molecule has 3 nitrogen and oxygen atoms in total. The molecule has 98 valence electrons. The monoisotopic (exact) mass is 265 g/mol. The summed E-state index contributed by atoms with van der Waals surface area (Å²) in [5.41, 5.74) is 10.1. The highest BCUT2D eigenvalue weighted by Crippen LogP contribution is 2.33. The van der Waals surface area contributed by atoms with Crippen LogP contribution in [0.25, 0.3) is 5.57 Å². The Labute approximate surface area is 109 Å². The van der Waals surface area contributed by atoms with Crippen LogP contribution in [0.3, 0.4) is 0 Å². The molecular formula is C14H19NO2S. The van der Waals surface area contributed by atoms with Gasteiger partial charge in [0.05, 0.1) is 11.5 Å².